The number of aliphatic carboxylic acids is 1. The number of rotatable bonds is 11. The normalized spacial score (nSPS) is 20.3. The molecule has 0 aliphatic carbocycles. The predicted molar refractivity (Wildman–Crippen MR) is 118 cm³/mol. The largest absolute Gasteiger partial charge is 0.480 e. The van der Waals surface area contributed by atoms with Gasteiger partial charge in [0.2, 0.25) is 17.7 Å². The van der Waals surface area contributed by atoms with Gasteiger partial charge in [-0.2, -0.15) is 0 Å². The molecule has 1 fully saturated rings. The van der Waals surface area contributed by atoms with Gasteiger partial charge in [0, 0.05) is 6.54 Å². The topological polar surface area (TPSA) is 142 Å². The summed E-state index contributed by atoms with van der Waals surface area (Å²) in [4.78, 5) is 51.7. The first-order valence-electron chi connectivity index (χ1n) is 11.3. The molecule has 3 amide bonds. The van der Waals surface area contributed by atoms with E-state index in [9.17, 15) is 24.3 Å². The van der Waals surface area contributed by atoms with Crippen molar-refractivity contribution in [3.8, 4) is 0 Å². The Balaban J connectivity index is 2.98. The Morgan fingerprint density at radius 2 is 1.68 bits per heavy atom. The molecule has 0 spiro atoms. The number of nitrogens with one attached hydrogen (secondary N) is 2. The zero-order valence-corrected chi connectivity index (χ0v) is 19.7. The van der Waals surface area contributed by atoms with Gasteiger partial charge in [-0.1, -0.05) is 48.0 Å². The molecule has 0 aromatic heterocycles. The zero-order chi connectivity index (χ0) is 23.9. The van der Waals surface area contributed by atoms with Crippen molar-refractivity contribution in [3.63, 3.8) is 0 Å². The van der Waals surface area contributed by atoms with Crippen molar-refractivity contribution in [2.75, 3.05) is 6.54 Å². The van der Waals surface area contributed by atoms with Crippen molar-refractivity contribution in [1.29, 1.82) is 0 Å². The molecule has 0 bridgehead atoms. The maximum absolute atomic E-state index is 13.4. The first-order valence-corrected chi connectivity index (χ1v) is 11.3. The van der Waals surface area contributed by atoms with Crippen LogP contribution in [0.15, 0.2) is 0 Å². The summed E-state index contributed by atoms with van der Waals surface area (Å²) in [6, 6.07) is -3.27. The molecule has 1 aliphatic heterocycles. The van der Waals surface area contributed by atoms with E-state index in [-0.39, 0.29) is 29.6 Å². The second-order valence-electron chi connectivity index (χ2n) is 9.37. The van der Waals surface area contributed by atoms with Gasteiger partial charge in [-0.3, -0.25) is 14.4 Å². The Morgan fingerprint density at radius 1 is 1.06 bits per heavy atom. The number of carboxylic acids is 1. The number of amides is 3. The standard InChI is InChI=1S/C22H40N4O5/c1-7-14(6)18(25-19(27)15(23)11-12(2)3)21(29)26-10-8-9-16(26)20(28)24-17(13(4)5)22(30)31/h12-18H,7-11,23H2,1-6H3,(H,24,28)(H,25,27)(H,30,31). The van der Waals surface area contributed by atoms with E-state index in [0.717, 1.165) is 0 Å². The first-order chi connectivity index (χ1) is 14.4. The van der Waals surface area contributed by atoms with Gasteiger partial charge in [0.1, 0.15) is 18.1 Å². The highest BCUT2D eigenvalue weighted by Gasteiger charge is 2.40. The minimum atomic E-state index is -1.11. The van der Waals surface area contributed by atoms with Crippen molar-refractivity contribution in [3.05, 3.63) is 0 Å². The average molecular weight is 441 g/mol. The van der Waals surface area contributed by atoms with Gasteiger partial charge in [-0.15, -0.1) is 0 Å². The number of nitrogens with zero attached hydrogens (tertiary/aromatic N) is 1. The van der Waals surface area contributed by atoms with Crippen molar-refractivity contribution in [1.82, 2.24) is 15.5 Å². The number of carbonyl (C=O) groups excluding carboxylic acids is 3. The molecule has 178 valence electrons. The van der Waals surface area contributed by atoms with Crippen LogP contribution in [0, 0.1) is 17.8 Å². The van der Waals surface area contributed by atoms with Crippen molar-refractivity contribution >= 4 is 23.7 Å². The van der Waals surface area contributed by atoms with E-state index in [2.05, 4.69) is 10.6 Å². The summed E-state index contributed by atoms with van der Waals surface area (Å²) in [7, 11) is 0. The fourth-order valence-corrected chi connectivity index (χ4v) is 3.80. The van der Waals surface area contributed by atoms with Gasteiger partial charge < -0.3 is 26.4 Å². The van der Waals surface area contributed by atoms with Crippen LogP contribution < -0.4 is 16.4 Å². The van der Waals surface area contributed by atoms with Gasteiger partial charge >= 0.3 is 5.97 Å². The van der Waals surface area contributed by atoms with Crippen molar-refractivity contribution in [2.45, 2.75) is 91.4 Å². The van der Waals surface area contributed by atoms with E-state index in [1.807, 2.05) is 27.7 Å². The second-order valence-corrected chi connectivity index (χ2v) is 9.37. The summed E-state index contributed by atoms with van der Waals surface area (Å²) >= 11 is 0. The second kappa shape index (κ2) is 12.0. The Bertz CT molecular complexity index is 652. The molecule has 9 heteroatoms. The third-order valence-electron chi connectivity index (χ3n) is 5.91. The van der Waals surface area contributed by atoms with E-state index in [1.54, 1.807) is 13.8 Å². The van der Waals surface area contributed by atoms with Crippen LogP contribution in [0.3, 0.4) is 0 Å². The van der Waals surface area contributed by atoms with E-state index >= 15 is 0 Å². The van der Waals surface area contributed by atoms with Gasteiger partial charge in [0.05, 0.1) is 6.04 Å². The summed E-state index contributed by atoms with van der Waals surface area (Å²) in [5.74, 6) is -2.48. The van der Waals surface area contributed by atoms with E-state index in [4.69, 9.17) is 5.73 Å². The molecule has 5 N–H and O–H groups in total. The minimum absolute atomic E-state index is 0.144. The molecule has 31 heavy (non-hydrogen) atoms. The van der Waals surface area contributed by atoms with Gasteiger partial charge in [0.15, 0.2) is 0 Å². The minimum Gasteiger partial charge on any atom is -0.480 e. The molecule has 5 atom stereocenters. The quantitative estimate of drug-likeness (QED) is 0.379. The lowest BCUT2D eigenvalue weighted by atomic mass is 9.96. The molecule has 1 heterocycles. The smallest absolute Gasteiger partial charge is 0.326 e. The Morgan fingerprint density at radius 3 is 2.16 bits per heavy atom. The molecule has 0 aromatic carbocycles. The van der Waals surface area contributed by atoms with Crippen LogP contribution in [0.4, 0.5) is 0 Å². The third-order valence-corrected chi connectivity index (χ3v) is 5.91. The molecular formula is C22H40N4O5. The van der Waals surface area contributed by atoms with Crippen LogP contribution in [0.5, 0.6) is 0 Å². The van der Waals surface area contributed by atoms with Gasteiger partial charge in [0.25, 0.3) is 0 Å². The van der Waals surface area contributed by atoms with E-state index in [0.29, 0.717) is 32.2 Å². The fraction of sp³-hybridized carbons (Fsp3) is 0.818. The summed E-state index contributed by atoms with van der Waals surface area (Å²) in [6.45, 7) is 11.6. The molecule has 0 radical (unpaired) electrons. The van der Waals surface area contributed by atoms with Crippen molar-refractivity contribution < 1.29 is 24.3 Å². The fourth-order valence-electron chi connectivity index (χ4n) is 3.80. The van der Waals surface area contributed by atoms with Crippen LogP contribution in [0.1, 0.15) is 67.2 Å². The summed E-state index contributed by atoms with van der Waals surface area (Å²) in [5.41, 5.74) is 5.99. The third kappa shape index (κ3) is 7.48. The Kier molecular flexibility index (Phi) is 10.4. The molecule has 5 unspecified atom stereocenters. The predicted octanol–water partition coefficient (Wildman–Crippen LogP) is 1.11. The van der Waals surface area contributed by atoms with Crippen LogP contribution in [-0.4, -0.2) is 64.4 Å². The van der Waals surface area contributed by atoms with Gasteiger partial charge in [-0.25, -0.2) is 4.79 Å². The van der Waals surface area contributed by atoms with Crippen LogP contribution >= 0.6 is 0 Å². The lowest BCUT2D eigenvalue weighted by Gasteiger charge is -2.32. The van der Waals surface area contributed by atoms with Crippen LogP contribution in [0.2, 0.25) is 0 Å². The van der Waals surface area contributed by atoms with Crippen LogP contribution in [-0.2, 0) is 19.2 Å². The summed E-state index contributed by atoms with van der Waals surface area (Å²) in [5, 5.41) is 14.7. The molecule has 1 saturated heterocycles. The zero-order valence-electron chi connectivity index (χ0n) is 19.7. The van der Waals surface area contributed by atoms with E-state index in [1.165, 1.54) is 4.90 Å². The number of nitrogens with two attached hydrogens (primary N) is 1. The van der Waals surface area contributed by atoms with Crippen molar-refractivity contribution in [2.24, 2.45) is 23.5 Å². The van der Waals surface area contributed by atoms with Crippen LogP contribution in [0.25, 0.3) is 0 Å². The van der Waals surface area contributed by atoms with E-state index < -0.39 is 36.0 Å². The molecule has 1 rings (SSSR count). The highest BCUT2D eigenvalue weighted by Crippen LogP contribution is 2.22. The number of hydrogen-bond donors (Lipinski definition) is 4. The summed E-state index contributed by atoms with van der Waals surface area (Å²) in [6.07, 6.45) is 2.26. The maximum Gasteiger partial charge on any atom is 0.326 e. The molecule has 1 aliphatic rings. The Labute approximate surface area is 185 Å². The SMILES string of the molecule is CCC(C)C(NC(=O)C(N)CC(C)C)C(=O)N1CCCC1C(=O)NC(C(=O)O)C(C)C. The monoisotopic (exact) mass is 440 g/mol. The number of hydrogen-bond acceptors (Lipinski definition) is 5. The summed E-state index contributed by atoms with van der Waals surface area (Å²) < 4.78 is 0. The number of carboxylic acid groups (broad SMARTS) is 1. The maximum atomic E-state index is 13.4. The highest BCUT2D eigenvalue weighted by molar-refractivity contribution is 5.94. The molecule has 9 nitrogen and oxygen atoms in total. The van der Waals surface area contributed by atoms with Gasteiger partial charge in [-0.05, 0) is 37.0 Å². The average Bonchev–Trinajstić information content (AvgIpc) is 3.17. The first kappa shape index (κ1) is 26.9. The highest BCUT2D eigenvalue weighted by atomic mass is 16.4. The lowest BCUT2D eigenvalue weighted by molar-refractivity contribution is -0.146. The lowest BCUT2D eigenvalue weighted by Crippen LogP contribution is -2.58. The number of likely N-dealkylation sites (tertiary alicyclic amines) is 1. The molecule has 0 aromatic rings. The molecular weight excluding hydrogens is 400 g/mol. The Hall–Kier alpha value is -2.16. The number of carbonyl (C=O) groups is 4. The molecule has 0 saturated carbocycles.